The van der Waals surface area contributed by atoms with E-state index in [1.54, 1.807) is 0 Å². The number of halogens is 2. The summed E-state index contributed by atoms with van der Waals surface area (Å²) in [7, 11) is 0. The smallest absolute Gasteiger partial charge is 0.132 e. The molecular formula is C8H9BrFNO2. The maximum atomic E-state index is 13.1. The Bertz CT molecular complexity index is 319. The molecule has 0 saturated carbocycles. The van der Waals surface area contributed by atoms with E-state index in [0.29, 0.717) is 4.47 Å². The highest BCUT2D eigenvalue weighted by Gasteiger charge is 2.13. The molecule has 0 heterocycles. The van der Waals surface area contributed by atoms with Crippen molar-refractivity contribution < 1.29 is 14.6 Å². The Kier molecular flexibility index (Phi) is 3.24. The van der Waals surface area contributed by atoms with Crippen LogP contribution in [0.25, 0.3) is 0 Å². The minimum absolute atomic E-state index is 0.173. The molecule has 0 aliphatic carbocycles. The van der Waals surface area contributed by atoms with Crippen LogP contribution in [0.1, 0.15) is 11.6 Å². The van der Waals surface area contributed by atoms with Crippen LogP contribution < -0.4 is 5.73 Å². The number of benzene rings is 1. The fraction of sp³-hybridized carbons (Fsp3) is 0.250. The van der Waals surface area contributed by atoms with Gasteiger partial charge in [-0.3, -0.25) is 0 Å². The van der Waals surface area contributed by atoms with Crippen molar-refractivity contribution in [1.82, 2.24) is 0 Å². The average molecular weight is 250 g/mol. The van der Waals surface area contributed by atoms with Gasteiger partial charge in [0.15, 0.2) is 0 Å². The molecule has 5 heteroatoms. The van der Waals surface area contributed by atoms with Crippen molar-refractivity contribution >= 4 is 15.9 Å². The third kappa shape index (κ3) is 2.18. The van der Waals surface area contributed by atoms with E-state index >= 15 is 0 Å². The van der Waals surface area contributed by atoms with Gasteiger partial charge in [0, 0.05) is 11.6 Å². The molecule has 0 saturated heterocycles. The van der Waals surface area contributed by atoms with Crippen molar-refractivity contribution in [3.05, 3.63) is 28.0 Å². The van der Waals surface area contributed by atoms with Crippen molar-refractivity contribution in [1.29, 1.82) is 0 Å². The van der Waals surface area contributed by atoms with Crippen molar-refractivity contribution in [3.63, 3.8) is 0 Å². The zero-order chi connectivity index (χ0) is 10.0. The van der Waals surface area contributed by atoms with Crippen LogP contribution in [0.5, 0.6) is 5.75 Å². The summed E-state index contributed by atoms with van der Waals surface area (Å²) in [5, 5.41) is 17.8. The van der Waals surface area contributed by atoms with Crippen LogP contribution in [-0.2, 0) is 0 Å². The molecule has 0 spiro atoms. The van der Waals surface area contributed by atoms with Crippen molar-refractivity contribution in [2.24, 2.45) is 5.73 Å². The van der Waals surface area contributed by atoms with E-state index in [-0.39, 0.29) is 17.9 Å². The second-order valence-electron chi connectivity index (χ2n) is 2.61. The molecule has 13 heavy (non-hydrogen) atoms. The van der Waals surface area contributed by atoms with Crippen LogP contribution in [0.2, 0.25) is 0 Å². The summed E-state index contributed by atoms with van der Waals surface area (Å²) in [6.07, 6.45) is 0. The lowest BCUT2D eigenvalue weighted by Gasteiger charge is -2.10. The number of rotatable bonds is 2. The summed E-state index contributed by atoms with van der Waals surface area (Å²) in [5.41, 5.74) is 5.59. The first-order valence-electron chi connectivity index (χ1n) is 3.60. The Morgan fingerprint density at radius 2 is 2.15 bits per heavy atom. The Morgan fingerprint density at radius 3 is 2.69 bits per heavy atom. The highest BCUT2D eigenvalue weighted by Crippen LogP contribution is 2.28. The number of aliphatic hydroxyl groups is 1. The maximum Gasteiger partial charge on any atom is 0.132 e. The van der Waals surface area contributed by atoms with Crippen LogP contribution in [0, 0.1) is 5.82 Å². The van der Waals surface area contributed by atoms with Gasteiger partial charge in [-0.25, -0.2) is 4.39 Å². The minimum atomic E-state index is -0.767. The van der Waals surface area contributed by atoms with Gasteiger partial charge in [0.2, 0.25) is 0 Å². The maximum absolute atomic E-state index is 13.1. The van der Waals surface area contributed by atoms with Crippen molar-refractivity contribution in [2.75, 3.05) is 6.61 Å². The highest BCUT2D eigenvalue weighted by atomic mass is 79.9. The molecule has 72 valence electrons. The van der Waals surface area contributed by atoms with E-state index in [1.807, 2.05) is 0 Å². The fourth-order valence-electron chi connectivity index (χ4n) is 0.934. The average Bonchev–Trinajstić information content (AvgIpc) is 2.10. The quantitative estimate of drug-likeness (QED) is 0.740. The summed E-state index contributed by atoms with van der Waals surface area (Å²) < 4.78 is 13.5. The molecule has 1 aromatic carbocycles. The number of hydrogen-bond acceptors (Lipinski definition) is 3. The van der Waals surface area contributed by atoms with Crippen LogP contribution in [0.15, 0.2) is 16.6 Å². The lowest BCUT2D eigenvalue weighted by Crippen LogP contribution is -2.16. The van der Waals surface area contributed by atoms with Crippen molar-refractivity contribution in [3.8, 4) is 5.75 Å². The third-order valence-electron chi connectivity index (χ3n) is 1.66. The number of hydrogen-bond donors (Lipinski definition) is 3. The minimum Gasteiger partial charge on any atom is -0.507 e. The van der Waals surface area contributed by atoms with Gasteiger partial charge in [0.05, 0.1) is 17.1 Å². The molecule has 4 N–H and O–H groups in total. The van der Waals surface area contributed by atoms with Crippen LogP contribution in [-0.4, -0.2) is 16.8 Å². The SMILES string of the molecule is NC(CO)c1cc(Br)c(O)cc1F. The van der Waals surface area contributed by atoms with E-state index < -0.39 is 11.9 Å². The lowest BCUT2D eigenvalue weighted by atomic mass is 10.1. The van der Waals surface area contributed by atoms with Gasteiger partial charge in [0.25, 0.3) is 0 Å². The number of nitrogens with two attached hydrogens (primary N) is 1. The number of phenolic OH excluding ortho intramolecular Hbond substituents is 1. The fourth-order valence-corrected chi connectivity index (χ4v) is 1.30. The summed E-state index contributed by atoms with van der Waals surface area (Å²) in [6.45, 7) is -0.339. The Hall–Kier alpha value is -0.650. The molecule has 1 unspecified atom stereocenters. The molecule has 0 bridgehead atoms. The van der Waals surface area contributed by atoms with Crippen LogP contribution in [0.3, 0.4) is 0 Å². The molecule has 1 rings (SSSR count). The lowest BCUT2D eigenvalue weighted by molar-refractivity contribution is 0.265. The molecule has 1 atom stereocenters. The second kappa shape index (κ2) is 4.04. The summed E-state index contributed by atoms with van der Waals surface area (Å²) in [6, 6.07) is 1.54. The van der Waals surface area contributed by atoms with Gasteiger partial charge < -0.3 is 15.9 Å². The Balaban J connectivity index is 3.15. The Labute approximate surface area is 83.1 Å². The van der Waals surface area contributed by atoms with E-state index in [4.69, 9.17) is 15.9 Å². The van der Waals surface area contributed by atoms with Gasteiger partial charge in [-0.05, 0) is 22.0 Å². The van der Waals surface area contributed by atoms with E-state index in [1.165, 1.54) is 6.07 Å². The molecule has 0 amide bonds. The summed E-state index contributed by atoms with van der Waals surface area (Å²) >= 11 is 3.02. The van der Waals surface area contributed by atoms with Gasteiger partial charge in [0.1, 0.15) is 11.6 Å². The molecule has 0 aromatic heterocycles. The van der Waals surface area contributed by atoms with Crippen LogP contribution >= 0.6 is 15.9 Å². The predicted molar refractivity (Wildman–Crippen MR) is 49.8 cm³/mol. The topological polar surface area (TPSA) is 66.5 Å². The first-order chi connectivity index (χ1) is 6.06. The molecular weight excluding hydrogens is 241 g/mol. The largest absolute Gasteiger partial charge is 0.507 e. The zero-order valence-electron chi connectivity index (χ0n) is 6.67. The van der Waals surface area contributed by atoms with E-state index in [0.717, 1.165) is 6.07 Å². The monoisotopic (exact) mass is 249 g/mol. The summed E-state index contributed by atoms with van der Waals surface area (Å²) in [4.78, 5) is 0. The number of aliphatic hydroxyl groups excluding tert-OH is 1. The molecule has 3 nitrogen and oxygen atoms in total. The van der Waals surface area contributed by atoms with Crippen LogP contribution in [0.4, 0.5) is 4.39 Å². The van der Waals surface area contributed by atoms with Gasteiger partial charge >= 0.3 is 0 Å². The number of phenols is 1. The molecule has 0 fully saturated rings. The zero-order valence-corrected chi connectivity index (χ0v) is 8.25. The van der Waals surface area contributed by atoms with E-state index in [9.17, 15) is 4.39 Å². The second-order valence-corrected chi connectivity index (χ2v) is 3.47. The molecule has 0 aliphatic heterocycles. The highest BCUT2D eigenvalue weighted by molar-refractivity contribution is 9.10. The molecule has 0 radical (unpaired) electrons. The predicted octanol–water partition coefficient (Wildman–Crippen LogP) is 1.29. The van der Waals surface area contributed by atoms with Gasteiger partial charge in [-0.15, -0.1) is 0 Å². The Morgan fingerprint density at radius 1 is 1.54 bits per heavy atom. The number of aromatic hydroxyl groups is 1. The van der Waals surface area contributed by atoms with Gasteiger partial charge in [-0.2, -0.15) is 0 Å². The first kappa shape index (κ1) is 10.4. The van der Waals surface area contributed by atoms with E-state index in [2.05, 4.69) is 15.9 Å². The first-order valence-corrected chi connectivity index (χ1v) is 4.40. The van der Waals surface area contributed by atoms with Crippen molar-refractivity contribution in [2.45, 2.75) is 6.04 Å². The standard InChI is InChI=1S/C8H9BrFNO2/c9-5-1-4(7(11)3-12)6(10)2-8(5)13/h1-2,7,12-13H,3,11H2. The normalized spacial score (nSPS) is 12.9. The molecule has 0 aliphatic rings. The van der Waals surface area contributed by atoms with Gasteiger partial charge in [-0.1, -0.05) is 0 Å². The molecule has 1 aromatic rings. The summed E-state index contributed by atoms with van der Waals surface area (Å²) in [5.74, 6) is -0.811. The third-order valence-corrected chi connectivity index (χ3v) is 2.30.